The summed E-state index contributed by atoms with van der Waals surface area (Å²) in [5, 5.41) is 4.15. The number of nitrogens with one attached hydrogen (secondary N) is 1. The third kappa shape index (κ3) is 3.30. The van der Waals surface area contributed by atoms with Gasteiger partial charge in [0.25, 0.3) is 0 Å². The second-order valence-corrected chi connectivity index (χ2v) is 5.32. The van der Waals surface area contributed by atoms with Crippen molar-refractivity contribution < 1.29 is 4.74 Å². The molecule has 1 unspecified atom stereocenters. The maximum absolute atomic E-state index is 6.05. The van der Waals surface area contributed by atoms with E-state index in [0.717, 1.165) is 42.0 Å². The molecule has 4 heteroatoms. The molecule has 3 nitrogen and oxygen atoms in total. The molecule has 1 heterocycles. The molecule has 1 aliphatic heterocycles. The number of halogens is 1. The van der Waals surface area contributed by atoms with Crippen molar-refractivity contribution in [3.63, 3.8) is 0 Å². The van der Waals surface area contributed by atoms with E-state index in [1.54, 1.807) is 7.11 Å². The van der Waals surface area contributed by atoms with Gasteiger partial charge in [-0.15, -0.1) is 0 Å². The Morgan fingerprint density at radius 2 is 2.33 bits per heavy atom. The molecule has 1 aliphatic rings. The fraction of sp³-hybridized carbons (Fsp3) is 0.571. The van der Waals surface area contributed by atoms with E-state index in [1.807, 2.05) is 18.2 Å². The van der Waals surface area contributed by atoms with Crippen LogP contribution in [0.4, 0.5) is 5.69 Å². The molecule has 0 amide bonds. The number of benzene rings is 1. The average Bonchev–Trinajstić information content (AvgIpc) is 2.89. The van der Waals surface area contributed by atoms with Gasteiger partial charge in [-0.25, -0.2) is 0 Å². The minimum atomic E-state index is 0.750. The minimum absolute atomic E-state index is 0.750. The van der Waals surface area contributed by atoms with Crippen LogP contribution in [0.1, 0.15) is 12.8 Å². The number of rotatable bonds is 5. The summed E-state index contributed by atoms with van der Waals surface area (Å²) in [6.07, 6.45) is 2.50. The van der Waals surface area contributed by atoms with Crippen molar-refractivity contribution in [2.45, 2.75) is 12.8 Å². The number of anilines is 1. The number of hydrogen-bond acceptors (Lipinski definition) is 3. The highest BCUT2D eigenvalue weighted by Crippen LogP contribution is 2.30. The van der Waals surface area contributed by atoms with E-state index in [-0.39, 0.29) is 0 Å². The molecule has 0 saturated carbocycles. The SMILES string of the molecule is COc1ccc(Cl)cc1N(C)CCC1CCNC1. The van der Waals surface area contributed by atoms with Crippen molar-refractivity contribution in [2.75, 3.05) is 38.7 Å². The molecule has 0 aliphatic carbocycles. The molecular formula is C14H21ClN2O. The normalized spacial score (nSPS) is 18.9. The largest absolute Gasteiger partial charge is 0.495 e. The first-order valence-electron chi connectivity index (χ1n) is 6.46. The Bertz CT molecular complexity index is 391. The van der Waals surface area contributed by atoms with Crippen molar-refractivity contribution in [3.05, 3.63) is 23.2 Å². The summed E-state index contributed by atoms with van der Waals surface area (Å²) >= 11 is 6.05. The molecule has 1 aromatic carbocycles. The van der Waals surface area contributed by atoms with Gasteiger partial charge in [0.2, 0.25) is 0 Å². The molecule has 1 atom stereocenters. The van der Waals surface area contributed by atoms with Gasteiger partial charge in [-0.2, -0.15) is 0 Å². The highest BCUT2D eigenvalue weighted by Gasteiger charge is 2.16. The quantitative estimate of drug-likeness (QED) is 0.889. The zero-order chi connectivity index (χ0) is 13.0. The molecule has 0 radical (unpaired) electrons. The Morgan fingerprint density at radius 1 is 1.50 bits per heavy atom. The van der Waals surface area contributed by atoms with Crippen LogP contribution in [0.5, 0.6) is 5.75 Å². The Labute approximate surface area is 114 Å². The highest BCUT2D eigenvalue weighted by molar-refractivity contribution is 6.30. The van der Waals surface area contributed by atoms with E-state index in [0.29, 0.717) is 0 Å². The summed E-state index contributed by atoms with van der Waals surface area (Å²) in [6, 6.07) is 5.75. The second kappa shape index (κ2) is 6.30. The standard InChI is InChI=1S/C14H21ClN2O/c1-17(8-6-11-5-7-16-10-11)13-9-12(15)3-4-14(13)18-2/h3-4,9,11,16H,5-8,10H2,1-2H3. The summed E-state index contributed by atoms with van der Waals surface area (Å²) in [5.41, 5.74) is 1.07. The Balaban J connectivity index is 1.98. The molecule has 1 N–H and O–H groups in total. The first-order chi connectivity index (χ1) is 8.70. The third-order valence-electron chi connectivity index (χ3n) is 3.59. The molecule has 1 aromatic rings. The fourth-order valence-electron chi connectivity index (χ4n) is 2.42. The fourth-order valence-corrected chi connectivity index (χ4v) is 2.59. The summed E-state index contributed by atoms with van der Waals surface area (Å²) in [5.74, 6) is 1.68. The van der Waals surface area contributed by atoms with Crippen LogP contribution in [0, 0.1) is 5.92 Å². The highest BCUT2D eigenvalue weighted by atomic mass is 35.5. The number of methoxy groups -OCH3 is 1. The minimum Gasteiger partial charge on any atom is -0.495 e. The van der Waals surface area contributed by atoms with Gasteiger partial charge in [0.15, 0.2) is 0 Å². The zero-order valence-corrected chi connectivity index (χ0v) is 11.8. The summed E-state index contributed by atoms with van der Waals surface area (Å²) in [7, 11) is 3.79. The van der Waals surface area contributed by atoms with E-state index in [2.05, 4.69) is 17.3 Å². The van der Waals surface area contributed by atoms with E-state index in [4.69, 9.17) is 16.3 Å². The predicted molar refractivity (Wildman–Crippen MR) is 76.9 cm³/mol. The lowest BCUT2D eigenvalue weighted by Gasteiger charge is -2.23. The van der Waals surface area contributed by atoms with Crippen LogP contribution in [0.15, 0.2) is 18.2 Å². The molecule has 1 saturated heterocycles. The van der Waals surface area contributed by atoms with Gasteiger partial charge in [-0.3, -0.25) is 0 Å². The maximum Gasteiger partial charge on any atom is 0.142 e. The smallest absolute Gasteiger partial charge is 0.142 e. The molecule has 0 aromatic heterocycles. The number of nitrogens with zero attached hydrogens (tertiary/aromatic N) is 1. The predicted octanol–water partition coefficient (Wildman–Crippen LogP) is 2.78. The molecule has 1 fully saturated rings. The summed E-state index contributed by atoms with van der Waals surface area (Å²) in [6.45, 7) is 3.35. The Kier molecular flexibility index (Phi) is 4.72. The van der Waals surface area contributed by atoms with Crippen molar-refractivity contribution in [3.8, 4) is 5.75 Å². The molecule has 0 bridgehead atoms. The molecule has 0 spiro atoms. The molecule has 100 valence electrons. The van der Waals surface area contributed by atoms with Gasteiger partial charge in [0.05, 0.1) is 12.8 Å². The van der Waals surface area contributed by atoms with Crippen LogP contribution in [0.25, 0.3) is 0 Å². The first-order valence-corrected chi connectivity index (χ1v) is 6.84. The Morgan fingerprint density at radius 3 is 3.00 bits per heavy atom. The van der Waals surface area contributed by atoms with E-state index < -0.39 is 0 Å². The van der Waals surface area contributed by atoms with Crippen LogP contribution in [-0.4, -0.2) is 33.8 Å². The van der Waals surface area contributed by atoms with Crippen LogP contribution >= 0.6 is 11.6 Å². The molecule has 2 rings (SSSR count). The van der Waals surface area contributed by atoms with Crippen LogP contribution < -0.4 is 15.0 Å². The lowest BCUT2D eigenvalue weighted by Crippen LogP contribution is -2.22. The van der Waals surface area contributed by atoms with E-state index >= 15 is 0 Å². The lowest BCUT2D eigenvalue weighted by molar-refractivity contribution is 0.414. The number of hydrogen-bond donors (Lipinski definition) is 1. The third-order valence-corrected chi connectivity index (χ3v) is 3.82. The maximum atomic E-state index is 6.05. The van der Waals surface area contributed by atoms with Gasteiger partial charge in [-0.1, -0.05) is 11.6 Å². The van der Waals surface area contributed by atoms with E-state index in [9.17, 15) is 0 Å². The number of ether oxygens (including phenoxy) is 1. The van der Waals surface area contributed by atoms with Crippen molar-refractivity contribution in [1.29, 1.82) is 0 Å². The van der Waals surface area contributed by atoms with Gasteiger partial charge in [0, 0.05) is 18.6 Å². The van der Waals surface area contributed by atoms with Crippen LogP contribution in [0.3, 0.4) is 0 Å². The van der Waals surface area contributed by atoms with Gasteiger partial charge in [-0.05, 0) is 50.0 Å². The topological polar surface area (TPSA) is 24.5 Å². The van der Waals surface area contributed by atoms with Gasteiger partial charge in [0.1, 0.15) is 5.75 Å². The van der Waals surface area contributed by atoms with Crippen LogP contribution in [-0.2, 0) is 0 Å². The summed E-state index contributed by atoms with van der Waals surface area (Å²) < 4.78 is 5.38. The second-order valence-electron chi connectivity index (χ2n) is 4.89. The summed E-state index contributed by atoms with van der Waals surface area (Å²) in [4.78, 5) is 2.23. The van der Waals surface area contributed by atoms with Crippen molar-refractivity contribution in [1.82, 2.24) is 5.32 Å². The first kappa shape index (κ1) is 13.5. The van der Waals surface area contributed by atoms with Gasteiger partial charge >= 0.3 is 0 Å². The van der Waals surface area contributed by atoms with E-state index in [1.165, 1.54) is 12.8 Å². The lowest BCUT2D eigenvalue weighted by atomic mass is 10.0. The van der Waals surface area contributed by atoms with Crippen LogP contribution in [0.2, 0.25) is 5.02 Å². The van der Waals surface area contributed by atoms with Crippen molar-refractivity contribution in [2.24, 2.45) is 5.92 Å². The van der Waals surface area contributed by atoms with Gasteiger partial charge < -0.3 is 15.0 Å². The molecule has 18 heavy (non-hydrogen) atoms. The molecular weight excluding hydrogens is 248 g/mol. The Hall–Kier alpha value is -0.930. The zero-order valence-electron chi connectivity index (χ0n) is 11.1. The van der Waals surface area contributed by atoms with Crippen molar-refractivity contribution >= 4 is 17.3 Å². The average molecular weight is 269 g/mol. The monoisotopic (exact) mass is 268 g/mol.